The summed E-state index contributed by atoms with van der Waals surface area (Å²) < 4.78 is 113. The van der Waals surface area contributed by atoms with Crippen molar-refractivity contribution in [2.45, 2.75) is 32.2 Å². The topological polar surface area (TPSA) is 50.7 Å². The fourth-order valence-electron chi connectivity index (χ4n) is 1.19. The number of rotatable bonds is 9. The molecule has 1 rings (SSSR count). The van der Waals surface area contributed by atoms with E-state index in [4.69, 9.17) is 23.9 Å². The van der Waals surface area contributed by atoms with Crippen molar-refractivity contribution in [2.24, 2.45) is 0 Å². The van der Waals surface area contributed by atoms with E-state index in [2.05, 4.69) is 4.74 Å². The second-order valence-corrected chi connectivity index (χ2v) is 3.57. The van der Waals surface area contributed by atoms with E-state index in [-0.39, 0.29) is 11.3 Å². The van der Waals surface area contributed by atoms with Crippen LogP contribution in [0.4, 0.5) is 0 Å². The van der Waals surface area contributed by atoms with Crippen LogP contribution in [-0.4, -0.2) is 44.0 Å². The first-order valence-electron chi connectivity index (χ1n) is 12.4. The number of hydrogen-bond donors (Lipinski definition) is 2. The van der Waals surface area contributed by atoms with Gasteiger partial charge in [-0.1, -0.05) is 25.8 Å². The van der Waals surface area contributed by atoms with Crippen LogP contribution in [-0.2, 0) is 11.1 Å². The third-order valence-corrected chi connectivity index (χ3v) is 2.06. The second kappa shape index (κ2) is 8.91. The zero-order valence-electron chi connectivity index (χ0n) is 24.1. The Morgan fingerprint density at radius 3 is 2.89 bits per heavy atom. The summed E-state index contributed by atoms with van der Waals surface area (Å²) in [4.78, 5) is 0. The number of aliphatic hydroxyl groups is 1. The number of ether oxygens (including phenoxy) is 2. The summed E-state index contributed by atoms with van der Waals surface area (Å²) in [6, 6.07) is 1.68. The molecule has 1 unspecified atom stereocenters. The van der Waals surface area contributed by atoms with Crippen molar-refractivity contribution in [1.29, 1.82) is 0 Å². The molecule has 19 heavy (non-hydrogen) atoms. The molecule has 0 fully saturated rings. The molecule has 0 saturated carbocycles. The molecule has 2 N–H and O–H groups in total. The van der Waals surface area contributed by atoms with E-state index in [9.17, 15) is 5.11 Å². The predicted octanol–water partition coefficient (Wildman–Crippen LogP) is 1.61. The highest BCUT2D eigenvalue weighted by Gasteiger charge is 2.05. The lowest BCUT2D eigenvalue weighted by molar-refractivity contribution is 0.104. The van der Waals surface area contributed by atoms with E-state index in [0.717, 1.165) is 12.1 Å². The number of methoxy groups -OCH3 is 1. The molecule has 1 aromatic carbocycles. The molecule has 1 aromatic rings. The molecule has 0 bridgehead atoms. The molecule has 1 atom stereocenters. The smallest absolute Gasteiger partial charge is 0.119 e. The quantitative estimate of drug-likeness (QED) is 0.722. The molecular weight excluding hydrogens is 242 g/mol. The summed E-state index contributed by atoms with van der Waals surface area (Å²) in [5, 5.41) is 12.0. The summed E-state index contributed by atoms with van der Waals surface area (Å²) in [7, 11) is -3.17. The highest BCUT2D eigenvalue weighted by atomic mass is 16.5. The highest BCUT2D eigenvalue weighted by Crippen LogP contribution is 2.12. The average molecular weight is 281 g/mol. The van der Waals surface area contributed by atoms with Crippen molar-refractivity contribution >= 4 is 0 Å². The first-order valence-corrected chi connectivity index (χ1v) is 5.40. The van der Waals surface area contributed by atoms with Crippen LogP contribution in [0.5, 0.6) is 5.75 Å². The Kier molecular flexibility index (Phi) is 2.36. The largest absolute Gasteiger partial charge is 0.491 e. The lowest BCUT2D eigenvalue weighted by Crippen LogP contribution is -2.35. The third kappa shape index (κ3) is 7.15. The molecule has 4 nitrogen and oxygen atoms in total. The van der Waals surface area contributed by atoms with E-state index in [1.807, 2.05) is 5.32 Å². The summed E-state index contributed by atoms with van der Waals surface area (Å²) in [5.74, 6) is 0.0923. The molecule has 4 heteroatoms. The van der Waals surface area contributed by atoms with Crippen LogP contribution < -0.4 is 10.1 Å². The number of benzene rings is 1. The Balaban J connectivity index is 2.79. The van der Waals surface area contributed by atoms with Crippen molar-refractivity contribution in [3.8, 4) is 5.75 Å². The second-order valence-electron chi connectivity index (χ2n) is 3.57. The van der Waals surface area contributed by atoms with Gasteiger partial charge in [-0.05, 0) is 24.1 Å². The maximum atomic E-state index is 9.99. The molecular formula is C15H25NO3. The van der Waals surface area contributed by atoms with Gasteiger partial charge in [-0.15, -0.1) is 0 Å². The zero-order valence-corrected chi connectivity index (χ0v) is 10.1. The van der Waals surface area contributed by atoms with Crippen LogP contribution in [0.25, 0.3) is 0 Å². The molecule has 0 aromatic heterocycles. The number of nitrogens with one attached hydrogen (secondary N) is 1. The lowest BCUT2D eigenvalue weighted by atomic mass is 10.1. The molecule has 0 heterocycles. The van der Waals surface area contributed by atoms with Gasteiger partial charge in [0.1, 0.15) is 18.5 Å². The molecule has 0 amide bonds. The summed E-state index contributed by atoms with van der Waals surface area (Å²) >= 11 is 0. The molecule has 108 valence electrons. The Bertz CT molecular complexity index is 758. The summed E-state index contributed by atoms with van der Waals surface area (Å²) in [5.41, 5.74) is -0.249. The maximum Gasteiger partial charge on any atom is 0.119 e. The predicted molar refractivity (Wildman–Crippen MR) is 76.7 cm³/mol. The van der Waals surface area contributed by atoms with E-state index in [0.29, 0.717) is 0 Å². The van der Waals surface area contributed by atoms with E-state index in [1.165, 1.54) is 12.1 Å². The van der Waals surface area contributed by atoms with Gasteiger partial charge in [0.05, 0.1) is 13.4 Å². The molecule has 0 aliphatic rings. The van der Waals surface area contributed by atoms with Crippen molar-refractivity contribution in [2.75, 3.05) is 26.7 Å². The normalized spacial score (nSPS) is 27.6. The molecule has 0 aliphatic carbocycles. The average Bonchev–Trinajstić information content (AvgIpc) is 2.60. The molecule has 0 aliphatic heterocycles. The van der Waals surface area contributed by atoms with Crippen molar-refractivity contribution in [1.82, 2.24) is 5.32 Å². The van der Waals surface area contributed by atoms with E-state index < -0.39 is 58.9 Å². The zero-order chi connectivity index (χ0) is 26.1. The van der Waals surface area contributed by atoms with Gasteiger partial charge in [0, 0.05) is 31.9 Å². The molecule has 0 spiro atoms. The summed E-state index contributed by atoms with van der Waals surface area (Å²) in [6.07, 6.45) is -4.25. The lowest BCUT2D eigenvalue weighted by Gasteiger charge is -2.15. The van der Waals surface area contributed by atoms with Crippen molar-refractivity contribution in [3.63, 3.8) is 0 Å². The van der Waals surface area contributed by atoms with Gasteiger partial charge in [-0.3, -0.25) is 0 Å². The van der Waals surface area contributed by atoms with Crippen molar-refractivity contribution in [3.05, 3.63) is 29.8 Å². The Labute approximate surface area is 135 Å². The SMILES string of the molecule is [2H]C([2H])([2H])OC([2H])([2H])C([2H])([2H])c1ccc(OCC(O)CNC([2H])(C([2H])([2H])[2H])C([2H])([2H])[2H])cc1. The van der Waals surface area contributed by atoms with Crippen LogP contribution in [0.2, 0.25) is 0 Å². The van der Waals surface area contributed by atoms with Gasteiger partial charge in [0.25, 0.3) is 0 Å². The number of aliphatic hydroxyl groups excluding tert-OH is 1. The minimum atomic E-state index is -3.21. The van der Waals surface area contributed by atoms with Crippen LogP contribution in [0.15, 0.2) is 24.3 Å². The summed E-state index contributed by atoms with van der Waals surface area (Å²) in [6.45, 7) is -10.6. The Hall–Kier alpha value is -1.10. The number of hydrogen-bond acceptors (Lipinski definition) is 4. The van der Waals surface area contributed by atoms with Gasteiger partial charge in [-0.25, -0.2) is 0 Å². The minimum Gasteiger partial charge on any atom is -0.491 e. The van der Waals surface area contributed by atoms with E-state index >= 15 is 0 Å². The fourth-order valence-corrected chi connectivity index (χ4v) is 1.19. The maximum absolute atomic E-state index is 9.99. The first-order chi connectivity index (χ1) is 14.5. The van der Waals surface area contributed by atoms with Gasteiger partial charge in [0.15, 0.2) is 0 Å². The van der Waals surface area contributed by atoms with Crippen LogP contribution in [0, 0.1) is 0 Å². The van der Waals surface area contributed by atoms with Crippen molar-refractivity contribution < 1.29 is 33.8 Å². The minimum absolute atomic E-state index is 0.0923. The molecule has 0 saturated heterocycles. The fraction of sp³-hybridized carbons (Fsp3) is 0.600. The van der Waals surface area contributed by atoms with Gasteiger partial charge >= 0.3 is 0 Å². The third-order valence-electron chi connectivity index (χ3n) is 2.06. The van der Waals surface area contributed by atoms with E-state index in [1.54, 1.807) is 0 Å². The first kappa shape index (κ1) is 5.02. The van der Waals surface area contributed by atoms with Gasteiger partial charge in [-0.2, -0.15) is 0 Å². The van der Waals surface area contributed by atoms with Gasteiger partial charge < -0.3 is 19.9 Å². The monoisotopic (exact) mass is 281 g/mol. The molecule has 0 radical (unpaired) electrons. The van der Waals surface area contributed by atoms with Gasteiger partial charge in [0.2, 0.25) is 0 Å². The van der Waals surface area contributed by atoms with Crippen LogP contribution in [0.1, 0.15) is 38.5 Å². The standard InChI is InChI=1S/C15H25NO3/c1-12(2)16-10-14(17)11-19-15-6-4-13(5-7-15)8-9-18-3/h4-7,12,14,16-17H,8-11H2,1-3H3/i1D3,2D3,3D3,8D2,9D2,12D. The Morgan fingerprint density at radius 2 is 2.21 bits per heavy atom. The highest BCUT2D eigenvalue weighted by molar-refractivity contribution is 5.27. The van der Waals surface area contributed by atoms with Crippen LogP contribution >= 0.6 is 0 Å². The van der Waals surface area contributed by atoms with Crippen LogP contribution in [0.3, 0.4) is 0 Å². The Morgan fingerprint density at radius 1 is 1.42 bits per heavy atom. The number of aryl methyl sites for hydroxylation is 1.